The molecular formula is C22H25N3O4S. The van der Waals surface area contributed by atoms with Crippen molar-refractivity contribution in [1.29, 1.82) is 0 Å². The Labute approximate surface area is 175 Å². The van der Waals surface area contributed by atoms with Gasteiger partial charge in [0, 0.05) is 37.0 Å². The van der Waals surface area contributed by atoms with Gasteiger partial charge in [-0.1, -0.05) is 24.3 Å². The zero-order valence-electron chi connectivity index (χ0n) is 17.1. The molecule has 0 saturated carbocycles. The summed E-state index contributed by atoms with van der Waals surface area (Å²) in [4.78, 5) is 27.7. The summed E-state index contributed by atoms with van der Waals surface area (Å²) < 4.78 is 26.9. The Morgan fingerprint density at radius 3 is 2.00 bits per heavy atom. The molecule has 30 heavy (non-hydrogen) atoms. The molecule has 0 atom stereocenters. The molecule has 0 radical (unpaired) electrons. The number of amides is 1. The molecule has 0 spiro atoms. The van der Waals surface area contributed by atoms with Gasteiger partial charge in [0.2, 0.25) is 15.9 Å². The molecule has 2 heterocycles. The number of nitrogens with zero attached hydrogens (tertiary/aromatic N) is 3. The van der Waals surface area contributed by atoms with Gasteiger partial charge in [0.05, 0.1) is 17.3 Å². The summed E-state index contributed by atoms with van der Waals surface area (Å²) >= 11 is 0. The lowest BCUT2D eigenvalue weighted by atomic mass is 10.1. The lowest BCUT2D eigenvalue weighted by Gasteiger charge is -2.36. The molecule has 1 amide bonds. The van der Waals surface area contributed by atoms with Crippen molar-refractivity contribution in [2.24, 2.45) is 0 Å². The fourth-order valence-electron chi connectivity index (χ4n) is 4.23. The van der Waals surface area contributed by atoms with E-state index in [1.807, 2.05) is 41.0 Å². The number of aromatic nitrogens is 1. The quantitative estimate of drug-likeness (QED) is 0.597. The lowest BCUT2D eigenvalue weighted by molar-refractivity contribution is -0.133. The average molecular weight is 428 g/mol. The number of sulfonamides is 1. The van der Waals surface area contributed by atoms with Crippen molar-refractivity contribution in [3.05, 3.63) is 58.8 Å². The van der Waals surface area contributed by atoms with Crippen LogP contribution in [0.2, 0.25) is 0 Å². The van der Waals surface area contributed by atoms with Crippen LogP contribution in [0.1, 0.15) is 12.8 Å². The highest BCUT2D eigenvalue weighted by atomic mass is 32.2. The van der Waals surface area contributed by atoms with Gasteiger partial charge in [0.25, 0.3) is 0 Å². The first kappa shape index (κ1) is 20.6. The van der Waals surface area contributed by atoms with E-state index in [1.54, 1.807) is 24.1 Å². The number of fused-ring (bicyclic) bond motifs is 2. The molecule has 4 rings (SSSR count). The van der Waals surface area contributed by atoms with E-state index in [-0.39, 0.29) is 23.9 Å². The molecule has 1 aromatic heterocycles. The van der Waals surface area contributed by atoms with Crippen molar-refractivity contribution in [3.63, 3.8) is 0 Å². The Morgan fingerprint density at radius 1 is 1.00 bits per heavy atom. The highest BCUT2D eigenvalue weighted by Crippen LogP contribution is 2.21. The molecule has 0 bridgehead atoms. The van der Waals surface area contributed by atoms with Gasteiger partial charge in [-0.15, -0.1) is 0 Å². The molecule has 7 nitrogen and oxygen atoms in total. The number of carbonyl (C=O) groups excluding carboxylic acids is 1. The molecule has 8 heteroatoms. The van der Waals surface area contributed by atoms with Gasteiger partial charge in [-0.3, -0.25) is 9.59 Å². The van der Waals surface area contributed by atoms with Gasteiger partial charge in [-0.05, 0) is 37.1 Å². The molecule has 1 fully saturated rings. The standard InChI is InChI=1S/C22H25N3O4S/c1-23(30(2,28)29)16-11-13-24(14-12-16)21(26)15-25-19-9-5-3-7-17(19)22(27)18-8-4-6-10-20(18)25/h3-10,16H,11-15H2,1-2H3. The van der Waals surface area contributed by atoms with Gasteiger partial charge in [0.15, 0.2) is 5.43 Å². The third-order valence-electron chi connectivity index (χ3n) is 6.03. The number of hydrogen-bond acceptors (Lipinski definition) is 4. The largest absolute Gasteiger partial charge is 0.341 e. The maximum absolute atomic E-state index is 13.1. The van der Waals surface area contributed by atoms with Crippen LogP contribution in [0.4, 0.5) is 0 Å². The molecule has 1 aliphatic rings. The van der Waals surface area contributed by atoms with E-state index in [1.165, 1.54) is 10.6 Å². The van der Waals surface area contributed by atoms with Crippen molar-refractivity contribution in [1.82, 2.24) is 13.8 Å². The van der Waals surface area contributed by atoms with Gasteiger partial charge in [-0.2, -0.15) is 0 Å². The molecule has 0 aliphatic carbocycles. The lowest BCUT2D eigenvalue weighted by Crippen LogP contribution is -2.47. The van der Waals surface area contributed by atoms with E-state index in [4.69, 9.17) is 0 Å². The minimum absolute atomic E-state index is 0.0328. The van der Waals surface area contributed by atoms with E-state index in [2.05, 4.69) is 0 Å². The number of likely N-dealkylation sites (tertiary alicyclic amines) is 1. The third-order valence-corrected chi connectivity index (χ3v) is 7.37. The fraction of sp³-hybridized carbons (Fsp3) is 0.364. The Hall–Kier alpha value is -2.71. The summed E-state index contributed by atoms with van der Waals surface area (Å²) in [6, 6.07) is 14.6. The summed E-state index contributed by atoms with van der Waals surface area (Å²) in [6.45, 7) is 1.16. The first-order valence-corrected chi connectivity index (χ1v) is 11.8. The highest BCUT2D eigenvalue weighted by molar-refractivity contribution is 7.88. The van der Waals surface area contributed by atoms with Crippen molar-refractivity contribution >= 4 is 37.7 Å². The predicted molar refractivity (Wildman–Crippen MR) is 118 cm³/mol. The molecule has 1 saturated heterocycles. The minimum Gasteiger partial charge on any atom is -0.341 e. The van der Waals surface area contributed by atoms with Crippen molar-refractivity contribution < 1.29 is 13.2 Å². The summed E-state index contributed by atoms with van der Waals surface area (Å²) in [5.41, 5.74) is 1.44. The van der Waals surface area contributed by atoms with Crippen LogP contribution >= 0.6 is 0 Å². The van der Waals surface area contributed by atoms with Gasteiger partial charge in [-0.25, -0.2) is 12.7 Å². The van der Waals surface area contributed by atoms with Crippen LogP contribution in [-0.4, -0.2) is 60.5 Å². The number of carbonyl (C=O) groups is 1. The highest BCUT2D eigenvalue weighted by Gasteiger charge is 2.29. The average Bonchev–Trinajstić information content (AvgIpc) is 2.75. The number of hydrogen-bond donors (Lipinski definition) is 0. The summed E-state index contributed by atoms with van der Waals surface area (Å²) in [7, 11) is -1.65. The monoisotopic (exact) mass is 427 g/mol. The molecule has 158 valence electrons. The van der Waals surface area contributed by atoms with Crippen LogP contribution in [0.3, 0.4) is 0 Å². The van der Waals surface area contributed by atoms with E-state index in [9.17, 15) is 18.0 Å². The maximum atomic E-state index is 13.1. The summed E-state index contributed by atoms with van der Waals surface area (Å²) in [5, 5.41) is 1.19. The molecule has 0 unspecified atom stereocenters. The second-order valence-electron chi connectivity index (χ2n) is 7.84. The number of benzene rings is 2. The van der Waals surface area contributed by atoms with E-state index in [0.717, 1.165) is 11.0 Å². The van der Waals surface area contributed by atoms with Gasteiger partial charge < -0.3 is 9.47 Å². The zero-order valence-corrected chi connectivity index (χ0v) is 17.9. The second kappa shape index (κ2) is 7.85. The first-order chi connectivity index (χ1) is 14.3. The maximum Gasteiger partial charge on any atom is 0.242 e. The zero-order chi connectivity index (χ0) is 21.5. The summed E-state index contributed by atoms with van der Waals surface area (Å²) in [5.74, 6) is -0.0330. The van der Waals surface area contributed by atoms with E-state index in [0.29, 0.717) is 36.7 Å². The van der Waals surface area contributed by atoms with Crippen molar-refractivity contribution in [2.75, 3.05) is 26.4 Å². The van der Waals surface area contributed by atoms with Crippen LogP contribution in [0, 0.1) is 0 Å². The van der Waals surface area contributed by atoms with E-state index < -0.39 is 10.0 Å². The number of piperidine rings is 1. The van der Waals surface area contributed by atoms with Crippen molar-refractivity contribution in [3.8, 4) is 0 Å². The molecule has 2 aromatic carbocycles. The van der Waals surface area contributed by atoms with Crippen LogP contribution in [-0.2, 0) is 21.4 Å². The molecular weight excluding hydrogens is 402 g/mol. The van der Waals surface area contributed by atoms with Crippen LogP contribution < -0.4 is 5.43 Å². The minimum atomic E-state index is -3.25. The molecule has 0 N–H and O–H groups in total. The SMILES string of the molecule is CN(C1CCN(C(=O)Cn2c3ccccc3c(=O)c3ccccc32)CC1)S(C)(=O)=O. The predicted octanol–water partition coefficient (Wildman–Crippen LogP) is 2.04. The number of pyridine rings is 1. The number of para-hydroxylation sites is 2. The molecule has 1 aliphatic heterocycles. The topological polar surface area (TPSA) is 79.7 Å². The second-order valence-corrected chi connectivity index (χ2v) is 9.88. The summed E-state index contributed by atoms with van der Waals surface area (Å²) in [6.07, 6.45) is 2.43. The third kappa shape index (κ3) is 3.73. The van der Waals surface area contributed by atoms with Crippen LogP contribution in [0.5, 0.6) is 0 Å². The normalized spacial score (nSPS) is 15.9. The number of rotatable bonds is 4. The Bertz CT molecular complexity index is 1210. The van der Waals surface area contributed by atoms with Crippen LogP contribution in [0.25, 0.3) is 21.8 Å². The Kier molecular flexibility index (Phi) is 5.38. The van der Waals surface area contributed by atoms with Crippen molar-refractivity contribution in [2.45, 2.75) is 25.4 Å². The van der Waals surface area contributed by atoms with Crippen LogP contribution in [0.15, 0.2) is 53.3 Å². The van der Waals surface area contributed by atoms with Gasteiger partial charge in [0.1, 0.15) is 6.54 Å². The molecule has 3 aromatic rings. The smallest absolute Gasteiger partial charge is 0.242 e. The first-order valence-electron chi connectivity index (χ1n) is 9.98. The Morgan fingerprint density at radius 2 is 1.50 bits per heavy atom. The fourth-order valence-corrected chi connectivity index (χ4v) is 4.98. The Balaban J connectivity index is 1.61. The van der Waals surface area contributed by atoms with Gasteiger partial charge >= 0.3 is 0 Å². The van der Waals surface area contributed by atoms with E-state index >= 15 is 0 Å².